The van der Waals surface area contributed by atoms with Crippen LogP contribution in [0.1, 0.15) is 31.2 Å². The summed E-state index contributed by atoms with van der Waals surface area (Å²) in [6.07, 6.45) is 3.40. The van der Waals surface area contributed by atoms with Crippen molar-refractivity contribution in [3.63, 3.8) is 0 Å². The average Bonchev–Trinajstić information content (AvgIpc) is 2.50. The molecule has 1 saturated heterocycles. The van der Waals surface area contributed by atoms with Gasteiger partial charge in [0, 0.05) is 19.6 Å². The number of oxazole rings is 1. The summed E-state index contributed by atoms with van der Waals surface area (Å²) in [5.41, 5.74) is 0.528. The Morgan fingerprint density at radius 2 is 2.33 bits per heavy atom. The fourth-order valence-corrected chi connectivity index (χ4v) is 2.21. The monoisotopic (exact) mass is 210 g/mol. The number of hydrogen-bond donors (Lipinski definition) is 1. The second-order valence-electron chi connectivity index (χ2n) is 4.47. The van der Waals surface area contributed by atoms with E-state index >= 15 is 0 Å². The Hall–Kier alpha value is -0.870. The summed E-state index contributed by atoms with van der Waals surface area (Å²) in [5.74, 6) is 0.876. The van der Waals surface area contributed by atoms with Gasteiger partial charge in [-0.25, -0.2) is 4.98 Å². The highest BCUT2D eigenvalue weighted by molar-refractivity contribution is 5.07. The van der Waals surface area contributed by atoms with Gasteiger partial charge in [0.25, 0.3) is 0 Å². The van der Waals surface area contributed by atoms with E-state index in [1.54, 1.807) is 0 Å². The number of nitrogens with zero attached hydrogens (tertiary/aromatic N) is 2. The third-order valence-corrected chi connectivity index (χ3v) is 2.97. The highest BCUT2D eigenvalue weighted by atomic mass is 16.3. The van der Waals surface area contributed by atoms with E-state index in [0.717, 1.165) is 43.9 Å². The third-order valence-electron chi connectivity index (χ3n) is 2.97. The average molecular weight is 210 g/mol. The van der Waals surface area contributed by atoms with E-state index in [-0.39, 0.29) is 0 Å². The smallest absolute Gasteiger partial charge is 0.181 e. The lowest BCUT2D eigenvalue weighted by Crippen LogP contribution is -2.61. The van der Waals surface area contributed by atoms with Crippen molar-refractivity contribution in [3.8, 4) is 0 Å². The van der Waals surface area contributed by atoms with Gasteiger partial charge in [0.15, 0.2) is 6.39 Å². The minimum Gasteiger partial charge on any atom is -0.448 e. The number of likely N-dealkylation sites (tertiary alicyclic amines) is 1. The second-order valence-corrected chi connectivity index (χ2v) is 4.47. The maximum atomic E-state index is 9.99. The molecule has 1 N–H and O–H groups in total. The Bertz CT molecular complexity index is 329. The van der Waals surface area contributed by atoms with Crippen molar-refractivity contribution in [3.05, 3.63) is 17.8 Å². The number of aliphatic hydroxyl groups is 1. The lowest BCUT2D eigenvalue weighted by molar-refractivity contribution is -0.107. The number of hydrogen-bond acceptors (Lipinski definition) is 4. The molecule has 4 heteroatoms. The number of β-amino-alcohol motifs (C(OH)–C–C–N with tert-alkyl or cyclic N) is 1. The lowest BCUT2D eigenvalue weighted by Gasteiger charge is -2.46. The van der Waals surface area contributed by atoms with Crippen LogP contribution >= 0.6 is 0 Å². The summed E-state index contributed by atoms with van der Waals surface area (Å²) < 4.78 is 5.13. The van der Waals surface area contributed by atoms with Gasteiger partial charge < -0.3 is 9.52 Å². The largest absolute Gasteiger partial charge is 0.448 e. The molecule has 15 heavy (non-hydrogen) atoms. The molecule has 2 heterocycles. The number of aryl methyl sites for hydroxylation is 1. The standard InChI is InChI=1S/C11H18N2O2/c1-3-4-11(14)6-13(7-11)5-10-9(2)15-8-12-10/h8,14H,3-7H2,1-2H3. The van der Waals surface area contributed by atoms with Gasteiger partial charge >= 0.3 is 0 Å². The molecule has 1 aliphatic heterocycles. The molecule has 1 aromatic rings. The Labute approximate surface area is 89.9 Å². The molecule has 1 aliphatic rings. The van der Waals surface area contributed by atoms with Crippen molar-refractivity contribution in [2.45, 2.75) is 38.8 Å². The Morgan fingerprint density at radius 1 is 1.60 bits per heavy atom. The first-order chi connectivity index (χ1) is 7.13. The Balaban J connectivity index is 1.83. The predicted molar refractivity (Wildman–Crippen MR) is 56.4 cm³/mol. The zero-order valence-corrected chi connectivity index (χ0v) is 9.36. The minimum atomic E-state index is -0.452. The normalized spacial score (nSPS) is 20.2. The fraction of sp³-hybridized carbons (Fsp3) is 0.727. The van der Waals surface area contributed by atoms with Gasteiger partial charge in [0.2, 0.25) is 0 Å². The SMILES string of the molecule is CCCC1(O)CN(Cc2ncoc2C)C1. The Kier molecular flexibility index (Phi) is 2.80. The highest BCUT2D eigenvalue weighted by Gasteiger charge is 2.40. The zero-order valence-electron chi connectivity index (χ0n) is 9.36. The number of rotatable bonds is 4. The van der Waals surface area contributed by atoms with Crippen LogP contribution in [0.25, 0.3) is 0 Å². The van der Waals surface area contributed by atoms with Crippen LogP contribution in [0, 0.1) is 6.92 Å². The summed E-state index contributed by atoms with van der Waals surface area (Å²) in [4.78, 5) is 6.34. The van der Waals surface area contributed by atoms with Gasteiger partial charge in [-0.1, -0.05) is 13.3 Å². The molecule has 2 rings (SSSR count). The van der Waals surface area contributed by atoms with Crippen molar-refractivity contribution < 1.29 is 9.52 Å². The van der Waals surface area contributed by atoms with Gasteiger partial charge in [0.1, 0.15) is 5.76 Å². The second kappa shape index (κ2) is 3.94. The molecule has 0 amide bonds. The fourth-order valence-electron chi connectivity index (χ4n) is 2.21. The third kappa shape index (κ3) is 2.21. The molecule has 0 radical (unpaired) electrons. The molecule has 4 nitrogen and oxygen atoms in total. The van der Waals surface area contributed by atoms with Gasteiger partial charge in [-0.15, -0.1) is 0 Å². The van der Waals surface area contributed by atoms with Gasteiger partial charge in [0.05, 0.1) is 11.3 Å². The first kappa shape index (κ1) is 10.6. The topological polar surface area (TPSA) is 49.5 Å². The zero-order chi connectivity index (χ0) is 10.9. The molecule has 0 aliphatic carbocycles. The van der Waals surface area contributed by atoms with Crippen molar-refractivity contribution in [2.75, 3.05) is 13.1 Å². The van der Waals surface area contributed by atoms with Crippen molar-refractivity contribution >= 4 is 0 Å². The van der Waals surface area contributed by atoms with Crippen molar-refractivity contribution in [1.82, 2.24) is 9.88 Å². The first-order valence-electron chi connectivity index (χ1n) is 5.47. The van der Waals surface area contributed by atoms with Crippen LogP contribution in [-0.2, 0) is 6.54 Å². The molecule has 0 unspecified atom stereocenters. The summed E-state index contributed by atoms with van der Waals surface area (Å²) >= 11 is 0. The molecule has 84 valence electrons. The molecule has 0 atom stereocenters. The maximum Gasteiger partial charge on any atom is 0.181 e. The molecule has 1 aromatic heterocycles. The van der Waals surface area contributed by atoms with Crippen LogP contribution in [0.3, 0.4) is 0 Å². The van der Waals surface area contributed by atoms with Crippen LogP contribution in [0.4, 0.5) is 0 Å². The first-order valence-corrected chi connectivity index (χ1v) is 5.47. The van der Waals surface area contributed by atoms with Crippen LogP contribution in [0.15, 0.2) is 10.8 Å². The van der Waals surface area contributed by atoms with E-state index in [0.29, 0.717) is 0 Å². The van der Waals surface area contributed by atoms with Crippen molar-refractivity contribution in [1.29, 1.82) is 0 Å². The lowest BCUT2D eigenvalue weighted by atomic mass is 9.89. The molecular formula is C11H18N2O2. The van der Waals surface area contributed by atoms with Crippen LogP contribution in [0.5, 0.6) is 0 Å². The molecule has 0 spiro atoms. The van der Waals surface area contributed by atoms with E-state index in [1.165, 1.54) is 6.39 Å². The summed E-state index contributed by atoms with van der Waals surface area (Å²) in [5, 5.41) is 9.99. The van der Waals surface area contributed by atoms with Crippen LogP contribution in [-0.4, -0.2) is 33.7 Å². The quantitative estimate of drug-likeness (QED) is 0.814. The molecular weight excluding hydrogens is 192 g/mol. The highest BCUT2D eigenvalue weighted by Crippen LogP contribution is 2.27. The van der Waals surface area contributed by atoms with E-state index in [4.69, 9.17) is 4.42 Å². The van der Waals surface area contributed by atoms with E-state index in [2.05, 4.69) is 16.8 Å². The van der Waals surface area contributed by atoms with E-state index in [1.807, 2.05) is 6.92 Å². The predicted octanol–water partition coefficient (Wildman–Crippen LogP) is 1.33. The molecule has 0 saturated carbocycles. The van der Waals surface area contributed by atoms with Gasteiger partial charge in [-0.3, -0.25) is 4.90 Å². The molecule has 1 fully saturated rings. The summed E-state index contributed by atoms with van der Waals surface area (Å²) in [6, 6.07) is 0. The minimum absolute atomic E-state index is 0.452. The van der Waals surface area contributed by atoms with E-state index < -0.39 is 5.60 Å². The van der Waals surface area contributed by atoms with Crippen LogP contribution < -0.4 is 0 Å². The molecule has 0 bridgehead atoms. The van der Waals surface area contributed by atoms with E-state index in [9.17, 15) is 5.11 Å². The van der Waals surface area contributed by atoms with Crippen molar-refractivity contribution in [2.24, 2.45) is 0 Å². The van der Waals surface area contributed by atoms with Gasteiger partial charge in [-0.05, 0) is 13.3 Å². The number of aromatic nitrogens is 1. The molecule has 0 aromatic carbocycles. The van der Waals surface area contributed by atoms with Crippen LogP contribution in [0.2, 0.25) is 0 Å². The summed E-state index contributed by atoms with van der Waals surface area (Å²) in [7, 11) is 0. The summed E-state index contributed by atoms with van der Waals surface area (Å²) in [6.45, 7) is 6.32. The maximum absolute atomic E-state index is 9.99. The van der Waals surface area contributed by atoms with Gasteiger partial charge in [-0.2, -0.15) is 0 Å². The Morgan fingerprint density at radius 3 is 2.87 bits per heavy atom.